The van der Waals surface area contributed by atoms with Gasteiger partial charge >= 0.3 is 0 Å². The number of benzene rings is 2. The molecule has 7 nitrogen and oxygen atoms in total. The van der Waals surface area contributed by atoms with Gasteiger partial charge in [-0.2, -0.15) is 5.10 Å². The largest absolute Gasteiger partial charge is 0.343 e. The number of hydrogen-bond acceptors (Lipinski definition) is 7. The first kappa shape index (κ1) is 20.0. The highest BCUT2D eigenvalue weighted by Crippen LogP contribution is 2.30. The van der Waals surface area contributed by atoms with Crippen LogP contribution >= 0.6 is 11.3 Å². The Hall–Kier alpha value is -3.62. The minimum Gasteiger partial charge on any atom is -0.343 e. The second-order valence-electron chi connectivity index (χ2n) is 8.45. The number of hydrazine groups is 2. The van der Waals surface area contributed by atoms with Crippen LogP contribution in [0.25, 0.3) is 11.4 Å². The molecule has 2 aromatic carbocycles. The normalized spacial score (nSPS) is 15.4. The third-order valence-electron chi connectivity index (χ3n) is 6.11. The standard InChI is InChI=1S/C25H25N7S/c1-30-17-24(28-29-30)20-6-5-19-9-12-31(16-21(19)14-20)25-26-15-23(33-25)13-18-3-7-22(8-4-18)32-11-2-10-27-32/h2-8,10-11,14-15,17,28-29H,9,12-13,16H2,1H3. The molecule has 0 unspecified atom stereocenters. The van der Waals surface area contributed by atoms with Crippen LogP contribution in [0.15, 0.2) is 73.3 Å². The molecule has 6 rings (SSSR count). The van der Waals surface area contributed by atoms with Crippen LogP contribution < -0.4 is 15.9 Å². The van der Waals surface area contributed by atoms with Gasteiger partial charge in [0.25, 0.3) is 0 Å². The van der Waals surface area contributed by atoms with Gasteiger partial charge < -0.3 is 10.3 Å². The Morgan fingerprint density at radius 3 is 2.79 bits per heavy atom. The number of aromatic nitrogens is 3. The van der Waals surface area contributed by atoms with Gasteiger partial charge in [0.1, 0.15) is 0 Å². The Morgan fingerprint density at radius 1 is 1.09 bits per heavy atom. The lowest BCUT2D eigenvalue weighted by Crippen LogP contribution is -2.33. The summed E-state index contributed by atoms with van der Waals surface area (Å²) < 4.78 is 1.88. The van der Waals surface area contributed by atoms with Gasteiger partial charge in [-0.1, -0.05) is 24.3 Å². The second kappa shape index (κ2) is 8.38. The molecule has 0 fully saturated rings. The van der Waals surface area contributed by atoms with E-state index in [9.17, 15) is 0 Å². The molecule has 0 bridgehead atoms. The molecule has 0 saturated heterocycles. The lowest BCUT2D eigenvalue weighted by atomic mass is 9.97. The molecule has 0 atom stereocenters. The van der Waals surface area contributed by atoms with E-state index in [-0.39, 0.29) is 0 Å². The van der Waals surface area contributed by atoms with Crippen LogP contribution in [0.4, 0.5) is 5.13 Å². The molecule has 0 saturated carbocycles. The highest BCUT2D eigenvalue weighted by Gasteiger charge is 2.20. The smallest absolute Gasteiger partial charge is 0.185 e. The Morgan fingerprint density at radius 2 is 2.00 bits per heavy atom. The van der Waals surface area contributed by atoms with E-state index in [0.29, 0.717) is 0 Å². The van der Waals surface area contributed by atoms with Crippen LogP contribution in [0.1, 0.15) is 27.1 Å². The quantitative estimate of drug-likeness (QED) is 0.478. The fraction of sp³-hybridized carbons (Fsp3) is 0.200. The summed E-state index contributed by atoms with van der Waals surface area (Å²) in [6.07, 6.45) is 9.79. The topological polar surface area (TPSA) is 61.2 Å². The minimum absolute atomic E-state index is 0.894. The molecule has 0 spiro atoms. The van der Waals surface area contributed by atoms with E-state index in [1.54, 1.807) is 17.5 Å². The van der Waals surface area contributed by atoms with Gasteiger partial charge in [0.15, 0.2) is 5.13 Å². The lowest BCUT2D eigenvalue weighted by Gasteiger charge is -2.29. The molecular formula is C25H25N7S. The van der Waals surface area contributed by atoms with Crippen molar-refractivity contribution < 1.29 is 0 Å². The van der Waals surface area contributed by atoms with Gasteiger partial charge in [-0.15, -0.1) is 16.9 Å². The number of thiazole rings is 1. The van der Waals surface area contributed by atoms with Gasteiger partial charge in [0.05, 0.1) is 11.4 Å². The molecule has 2 aliphatic heterocycles. The van der Waals surface area contributed by atoms with E-state index in [1.807, 2.05) is 35.2 Å². The Balaban J connectivity index is 1.15. The number of rotatable bonds is 5. The number of anilines is 1. The van der Waals surface area contributed by atoms with Crippen molar-refractivity contribution in [2.75, 3.05) is 18.5 Å². The van der Waals surface area contributed by atoms with Gasteiger partial charge in [0, 0.05) is 61.8 Å². The van der Waals surface area contributed by atoms with Crippen molar-refractivity contribution in [3.8, 4) is 5.69 Å². The molecule has 33 heavy (non-hydrogen) atoms. The molecule has 2 aromatic heterocycles. The summed E-state index contributed by atoms with van der Waals surface area (Å²) in [5.41, 5.74) is 13.8. The summed E-state index contributed by atoms with van der Waals surface area (Å²) in [6, 6.07) is 17.3. The molecule has 2 N–H and O–H groups in total. The van der Waals surface area contributed by atoms with Crippen molar-refractivity contribution in [3.63, 3.8) is 0 Å². The maximum atomic E-state index is 4.77. The number of hydrogen-bond donors (Lipinski definition) is 2. The third-order valence-corrected chi connectivity index (χ3v) is 7.17. The Labute approximate surface area is 196 Å². The van der Waals surface area contributed by atoms with Crippen molar-refractivity contribution in [1.82, 2.24) is 30.7 Å². The molecule has 0 aliphatic carbocycles. The first-order valence-electron chi connectivity index (χ1n) is 11.1. The minimum atomic E-state index is 0.894. The summed E-state index contributed by atoms with van der Waals surface area (Å²) >= 11 is 1.80. The summed E-state index contributed by atoms with van der Waals surface area (Å²) in [6.45, 7) is 1.90. The van der Waals surface area contributed by atoms with Gasteiger partial charge in [0.2, 0.25) is 0 Å². The van der Waals surface area contributed by atoms with Gasteiger partial charge in [-0.3, -0.25) is 5.01 Å². The zero-order chi connectivity index (χ0) is 22.2. The molecule has 8 heteroatoms. The van der Waals surface area contributed by atoms with Crippen LogP contribution in [-0.2, 0) is 19.4 Å². The highest BCUT2D eigenvalue weighted by atomic mass is 32.1. The lowest BCUT2D eigenvalue weighted by molar-refractivity contribution is 0.330. The molecule has 4 heterocycles. The zero-order valence-corrected chi connectivity index (χ0v) is 19.2. The van der Waals surface area contributed by atoms with E-state index < -0.39 is 0 Å². The number of fused-ring (bicyclic) bond motifs is 1. The maximum absolute atomic E-state index is 4.77. The number of nitrogens with zero attached hydrogens (tertiary/aromatic N) is 5. The van der Waals surface area contributed by atoms with Crippen LogP contribution in [0.3, 0.4) is 0 Å². The molecule has 0 amide bonds. The highest BCUT2D eigenvalue weighted by molar-refractivity contribution is 7.15. The summed E-state index contributed by atoms with van der Waals surface area (Å²) in [7, 11) is 1.98. The predicted molar refractivity (Wildman–Crippen MR) is 132 cm³/mol. The van der Waals surface area contributed by atoms with Gasteiger partial charge in [-0.25, -0.2) is 9.67 Å². The van der Waals surface area contributed by atoms with Crippen LogP contribution in [0.2, 0.25) is 0 Å². The van der Waals surface area contributed by atoms with E-state index in [1.165, 1.54) is 27.1 Å². The molecule has 4 aromatic rings. The molecule has 0 radical (unpaired) electrons. The number of nitrogens with one attached hydrogen (secondary N) is 2. The zero-order valence-electron chi connectivity index (χ0n) is 18.4. The molecule has 166 valence electrons. The van der Waals surface area contributed by atoms with E-state index in [0.717, 1.165) is 42.4 Å². The van der Waals surface area contributed by atoms with Crippen molar-refractivity contribution in [3.05, 3.63) is 100 Å². The molecular weight excluding hydrogens is 430 g/mol. The SMILES string of the molecule is CN1C=C(c2ccc3c(c2)CN(c2ncc(Cc4ccc(-n5cccn5)cc4)s2)CC3)NN1. The Bertz CT molecular complexity index is 1290. The third kappa shape index (κ3) is 4.10. The van der Waals surface area contributed by atoms with Gasteiger partial charge in [-0.05, 0) is 47.4 Å². The van der Waals surface area contributed by atoms with Crippen molar-refractivity contribution in [2.24, 2.45) is 0 Å². The fourth-order valence-electron chi connectivity index (χ4n) is 4.36. The predicted octanol–water partition coefficient (Wildman–Crippen LogP) is 3.74. The van der Waals surface area contributed by atoms with Crippen molar-refractivity contribution >= 4 is 22.2 Å². The van der Waals surface area contributed by atoms with Crippen molar-refractivity contribution in [2.45, 2.75) is 19.4 Å². The average Bonchev–Trinajstić information content (AvgIpc) is 3.61. The second-order valence-corrected chi connectivity index (χ2v) is 9.54. The van der Waals surface area contributed by atoms with Crippen molar-refractivity contribution in [1.29, 1.82) is 0 Å². The van der Waals surface area contributed by atoms with E-state index in [4.69, 9.17) is 4.98 Å². The summed E-state index contributed by atoms with van der Waals surface area (Å²) in [5.74, 6) is 0. The average molecular weight is 456 g/mol. The fourth-order valence-corrected chi connectivity index (χ4v) is 5.32. The van der Waals surface area contributed by atoms with E-state index >= 15 is 0 Å². The van der Waals surface area contributed by atoms with E-state index in [2.05, 4.69) is 69.6 Å². The first-order valence-corrected chi connectivity index (χ1v) is 11.9. The van der Waals surface area contributed by atoms with Crippen LogP contribution in [0.5, 0.6) is 0 Å². The Kier molecular flexibility index (Phi) is 5.09. The molecule has 2 aliphatic rings. The summed E-state index contributed by atoms with van der Waals surface area (Å²) in [4.78, 5) is 8.45. The summed E-state index contributed by atoms with van der Waals surface area (Å²) in [5, 5.41) is 7.32. The maximum Gasteiger partial charge on any atom is 0.185 e. The monoisotopic (exact) mass is 455 g/mol. The van der Waals surface area contributed by atoms with Crippen LogP contribution in [-0.4, -0.2) is 33.4 Å². The van der Waals surface area contributed by atoms with Crippen LogP contribution in [0, 0.1) is 0 Å². The first-order chi connectivity index (χ1) is 16.2.